The van der Waals surface area contributed by atoms with Crippen LogP contribution in [0.3, 0.4) is 0 Å². The van der Waals surface area contributed by atoms with Crippen molar-refractivity contribution in [1.82, 2.24) is 10.3 Å². The lowest BCUT2D eigenvalue weighted by molar-refractivity contribution is 0.415. The quantitative estimate of drug-likeness (QED) is 0.875. The number of methoxy groups -OCH3 is 1. The predicted octanol–water partition coefficient (Wildman–Crippen LogP) is 2.40. The van der Waals surface area contributed by atoms with Crippen molar-refractivity contribution in [2.24, 2.45) is 0 Å². The van der Waals surface area contributed by atoms with E-state index in [1.54, 1.807) is 7.11 Å². The molecule has 92 valence electrons. The van der Waals surface area contributed by atoms with Gasteiger partial charge in [0.1, 0.15) is 5.75 Å². The first kappa shape index (κ1) is 11.2. The fourth-order valence-electron chi connectivity index (χ4n) is 2.56. The van der Waals surface area contributed by atoms with Crippen LogP contribution in [0.5, 0.6) is 5.75 Å². The molecule has 0 bridgehead atoms. The Labute approximate surface area is 107 Å². The van der Waals surface area contributed by atoms with Gasteiger partial charge in [0.05, 0.1) is 7.11 Å². The number of pyridine rings is 1. The second-order valence-corrected chi connectivity index (χ2v) is 4.44. The summed E-state index contributed by atoms with van der Waals surface area (Å²) in [5.74, 6) is 0.946. The summed E-state index contributed by atoms with van der Waals surface area (Å²) in [5.41, 5.74) is 5.17. The number of nitrogens with zero attached hydrogens (tertiary/aromatic N) is 1. The minimum absolute atomic E-state index is 0.942. The Kier molecular flexibility index (Phi) is 2.99. The zero-order valence-electron chi connectivity index (χ0n) is 10.4. The third-order valence-corrected chi connectivity index (χ3v) is 3.43. The van der Waals surface area contributed by atoms with Gasteiger partial charge in [0.25, 0.3) is 0 Å². The molecule has 0 radical (unpaired) electrons. The Bertz CT molecular complexity index is 552. The Morgan fingerprint density at radius 3 is 2.78 bits per heavy atom. The van der Waals surface area contributed by atoms with Crippen LogP contribution < -0.4 is 10.1 Å². The molecule has 3 nitrogen and oxygen atoms in total. The molecule has 1 aromatic heterocycles. The summed E-state index contributed by atoms with van der Waals surface area (Å²) in [5, 5.41) is 3.40. The van der Waals surface area contributed by atoms with Gasteiger partial charge < -0.3 is 10.1 Å². The van der Waals surface area contributed by atoms with Gasteiger partial charge in [-0.25, -0.2) is 0 Å². The molecule has 0 fully saturated rings. The summed E-state index contributed by atoms with van der Waals surface area (Å²) in [6, 6.07) is 8.30. The number of hydrogen-bond acceptors (Lipinski definition) is 3. The van der Waals surface area contributed by atoms with Crippen LogP contribution in [0.25, 0.3) is 11.1 Å². The molecule has 0 saturated carbocycles. The molecule has 1 aromatic carbocycles. The van der Waals surface area contributed by atoms with Crippen LogP contribution in [0.15, 0.2) is 36.7 Å². The highest BCUT2D eigenvalue weighted by Crippen LogP contribution is 2.36. The molecule has 3 heteroatoms. The molecule has 0 atom stereocenters. The second kappa shape index (κ2) is 4.78. The summed E-state index contributed by atoms with van der Waals surface area (Å²) >= 11 is 0. The Morgan fingerprint density at radius 2 is 2.00 bits per heavy atom. The zero-order valence-corrected chi connectivity index (χ0v) is 10.4. The molecule has 0 amide bonds. The van der Waals surface area contributed by atoms with Crippen molar-refractivity contribution in [3.63, 3.8) is 0 Å². The van der Waals surface area contributed by atoms with Gasteiger partial charge in [0, 0.05) is 24.5 Å². The van der Waals surface area contributed by atoms with E-state index in [0.717, 1.165) is 25.3 Å². The standard InChI is InChI=1S/C15H16N2O/c1-18-14-3-2-12-10-17-9-6-13(12)15(14)11-4-7-16-8-5-11/h2-5,7-8,17H,6,9-10H2,1H3. The Hall–Kier alpha value is -1.87. The average molecular weight is 240 g/mol. The fraction of sp³-hybridized carbons (Fsp3) is 0.267. The summed E-state index contributed by atoms with van der Waals surface area (Å²) < 4.78 is 5.53. The molecule has 2 heterocycles. The van der Waals surface area contributed by atoms with Gasteiger partial charge in [-0.2, -0.15) is 0 Å². The van der Waals surface area contributed by atoms with E-state index in [1.807, 2.05) is 24.5 Å². The van der Waals surface area contributed by atoms with Crippen LogP contribution in [-0.2, 0) is 13.0 Å². The maximum absolute atomic E-state index is 5.53. The molecule has 1 aliphatic rings. The third kappa shape index (κ3) is 1.87. The number of benzene rings is 1. The topological polar surface area (TPSA) is 34.1 Å². The molecular weight excluding hydrogens is 224 g/mol. The first-order chi connectivity index (χ1) is 8.90. The first-order valence-corrected chi connectivity index (χ1v) is 6.20. The van der Waals surface area contributed by atoms with Crippen molar-refractivity contribution in [2.75, 3.05) is 13.7 Å². The van der Waals surface area contributed by atoms with E-state index in [0.29, 0.717) is 0 Å². The summed E-state index contributed by atoms with van der Waals surface area (Å²) in [6.07, 6.45) is 4.70. The van der Waals surface area contributed by atoms with Crippen molar-refractivity contribution in [3.8, 4) is 16.9 Å². The van der Waals surface area contributed by atoms with E-state index in [4.69, 9.17) is 4.74 Å². The molecule has 1 N–H and O–H groups in total. The lowest BCUT2D eigenvalue weighted by Crippen LogP contribution is -2.24. The van der Waals surface area contributed by atoms with Gasteiger partial charge in [0.2, 0.25) is 0 Å². The number of aromatic nitrogens is 1. The van der Waals surface area contributed by atoms with E-state index >= 15 is 0 Å². The fourth-order valence-corrected chi connectivity index (χ4v) is 2.56. The van der Waals surface area contributed by atoms with Gasteiger partial charge in [-0.05, 0) is 47.9 Å². The maximum atomic E-state index is 5.53. The van der Waals surface area contributed by atoms with E-state index in [1.165, 1.54) is 22.3 Å². The van der Waals surface area contributed by atoms with E-state index in [9.17, 15) is 0 Å². The number of rotatable bonds is 2. The lowest BCUT2D eigenvalue weighted by atomic mass is 9.91. The van der Waals surface area contributed by atoms with E-state index in [2.05, 4.69) is 22.4 Å². The van der Waals surface area contributed by atoms with Crippen molar-refractivity contribution >= 4 is 0 Å². The van der Waals surface area contributed by atoms with Crippen LogP contribution in [0, 0.1) is 0 Å². The molecule has 0 aliphatic carbocycles. The minimum atomic E-state index is 0.942. The van der Waals surface area contributed by atoms with Gasteiger partial charge in [-0.3, -0.25) is 4.98 Å². The molecule has 1 aliphatic heterocycles. The SMILES string of the molecule is COc1ccc2c(c1-c1ccncc1)CCNC2. The first-order valence-electron chi connectivity index (χ1n) is 6.20. The van der Waals surface area contributed by atoms with Crippen LogP contribution in [0.4, 0.5) is 0 Å². The van der Waals surface area contributed by atoms with Gasteiger partial charge in [0.15, 0.2) is 0 Å². The summed E-state index contributed by atoms with van der Waals surface area (Å²) in [4.78, 5) is 4.09. The Balaban J connectivity index is 2.22. The van der Waals surface area contributed by atoms with Crippen LogP contribution in [0.1, 0.15) is 11.1 Å². The average Bonchev–Trinajstić information content (AvgIpc) is 2.47. The van der Waals surface area contributed by atoms with Crippen LogP contribution in [-0.4, -0.2) is 18.6 Å². The van der Waals surface area contributed by atoms with Crippen LogP contribution >= 0.6 is 0 Å². The molecule has 0 spiro atoms. The van der Waals surface area contributed by atoms with E-state index < -0.39 is 0 Å². The number of hydrogen-bond donors (Lipinski definition) is 1. The minimum Gasteiger partial charge on any atom is -0.496 e. The largest absolute Gasteiger partial charge is 0.496 e. The van der Waals surface area contributed by atoms with Gasteiger partial charge in [-0.1, -0.05) is 6.07 Å². The molecule has 0 saturated heterocycles. The zero-order chi connectivity index (χ0) is 12.4. The Morgan fingerprint density at radius 1 is 1.17 bits per heavy atom. The molecular formula is C15H16N2O. The van der Waals surface area contributed by atoms with Gasteiger partial charge in [-0.15, -0.1) is 0 Å². The monoisotopic (exact) mass is 240 g/mol. The number of nitrogens with one attached hydrogen (secondary N) is 1. The second-order valence-electron chi connectivity index (χ2n) is 4.44. The number of fused-ring (bicyclic) bond motifs is 1. The highest BCUT2D eigenvalue weighted by molar-refractivity contribution is 5.75. The van der Waals surface area contributed by atoms with Crippen LogP contribution in [0.2, 0.25) is 0 Å². The van der Waals surface area contributed by atoms with Crippen molar-refractivity contribution in [2.45, 2.75) is 13.0 Å². The predicted molar refractivity (Wildman–Crippen MR) is 71.6 cm³/mol. The van der Waals surface area contributed by atoms with Crippen molar-refractivity contribution in [3.05, 3.63) is 47.8 Å². The molecule has 2 aromatic rings. The highest BCUT2D eigenvalue weighted by Gasteiger charge is 2.17. The third-order valence-electron chi connectivity index (χ3n) is 3.43. The molecule has 3 rings (SSSR count). The summed E-state index contributed by atoms with van der Waals surface area (Å²) in [6.45, 7) is 1.97. The molecule has 18 heavy (non-hydrogen) atoms. The summed E-state index contributed by atoms with van der Waals surface area (Å²) in [7, 11) is 1.73. The lowest BCUT2D eigenvalue weighted by Gasteiger charge is -2.22. The van der Waals surface area contributed by atoms with E-state index in [-0.39, 0.29) is 0 Å². The normalized spacial score (nSPS) is 14.1. The smallest absolute Gasteiger partial charge is 0.126 e. The maximum Gasteiger partial charge on any atom is 0.126 e. The van der Waals surface area contributed by atoms with Gasteiger partial charge >= 0.3 is 0 Å². The highest BCUT2D eigenvalue weighted by atomic mass is 16.5. The number of ether oxygens (including phenoxy) is 1. The molecule has 0 unspecified atom stereocenters. The van der Waals surface area contributed by atoms with Crippen molar-refractivity contribution < 1.29 is 4.74 Å². The van der Waals surface area contributed by atoms with Crippen molar-refractivity contribution in [1.29, 1.82) is 0 Å².